The van der Waals surface area contributed by atoms with Gasteiger partial charge in [0.15, 0.2) is 5.58 Å². The molecular formula is C22H23FN4O2. The summed E-state index contributed by atoms with van der Waals surface area (Å²) in [4.78, 5) is 9.14. The molecule has 6 nitrogen and oxygen atoms in total. The van der Waals surface area contributed by atoms with Crippen LogP contribution in [0.2, 0.25) is 0 Å². The Morgan fingerprint density at radius 3 is 2.90 bits per heavy atom. The van der Waals surface area contributed by atoms with E-state index in [-0.39, 0.29) is 11.7 Å². The van der Waals surface area contributed by atoms with E-state index >= 15 is 0 Å². The number of benzene rings is 1. The Bertz CT molecular complexity index is 1060. The predicted octanol–water partition coefficient (Wildman–Crippen LogP) is 3.49. The van der Waals surface area contributed by atoms with Crippen LogP contribution >= 0.6 is 0 Å². The minimum absolute atomic E-state index is 0.0369. The van der Waals surface area contributed by atoms with Gasteiger partial charge in [0.25, 0.3) is 6.01 Å². The van der Waals surface area contributed by atoms with Crippen LogP contribution in [-0.4, -0.2) is 44.4 Å². The Morgan fingerprint density at radius 2 is 2.00 bits per heavy atom. The molecule has 1 saturated heterocycles. The molecule has 1 aromatic heterocycles. The van der Waals surface area contributed by atoms with Crippen LogP contribution in [-0.2, 0) is 4.74 Å². The average Bonchev–Trinajstić information content (AvgIpc) is 3.34. The number of nitrogens with zero attached hydrogens (tertiary/aromatic N) is 3. The molecule has 0 radical (unpaired) electrons. The van der Waals surface area contributed by atoms with Gasteiger partial charge in [0, 0.05) is 68.1 Å². The van der Waals surface area contributed by atoms with Crippen molar-refractivity contribution in [2.75, 3.05) is 49.2 Å². The standard InChI is InChI=1S/C22H23FN4O2/c23-14-1-3-18-16(11-14)17-13-27(6-5-19(17)24-18)15-2-4-20-21(12-15)29-22(25-20)26-7-9-28-10-8-26/h1-4,12,16,24H,5-11,13H2. The second kappa shape index (κ2) is 6.62. The monoisotopic (exact) mass is 394 g/mol. The molecule has 150 valence electrons. The van der Waals surface area contributed by atoms with Crippen molar-refractivity contribution < 1.29 is 13.5 Å². The molecule has 1 unspecified atom stereocenters. The lowest BCUT2D eigenvalue weighted by Gasteiger charge is -2.31. The zero-order chi connectivity index (χ0) is 19.4. The summed E-state index contributed by atoms with van der Waals surface area (Å²) in [5.41, 5.74) is 6.53. The fraction of sp³-hybridized carbons (Fsp3) is 0.409. The molecule has 0 bridgehead atoms. The van der Waals surface area contributed by atoms with Gasteiger partial charge in [-0.2, -0.15) is 4.98 Å². The number of aromatic nitrogens is 1. The topological polar surface area (TPSA) is 53.8 Å². The van der Waals surface area contributed by atoms with Crippen molar-refractivity contribution in [2.24, 2.45) is 5.92 Å². The molecule has 7 heteroatoms. The zero-order valence-electron chi connectivity index (χ0n) is 16.2. The quantitative estimate of drug-likeness (QED) is 0.842. The van der Waals surface area contributed by atoms with Gasteiger partial charge in [-0.05, 0) is 29.9 Å². The molecule has 1 fully saturated rings. The first-order valence-electron chi connectivity index (χ1n) is 10.3. The maximum Gasteiger partial charge on any atom is 0.298 e. The van der Waals surface area contributed by atoms with Crippen LogP contribution < -0.4 is 15.1 Å². The first-order chi connectivity index (χ1) is 14.2. The highest BCUT2D eigenvalue weighted by Crippen LogP contribution is 2.41. The van der Waals surface area contributed by atoms with Gasteiger partial charge < -0.3 is 24.3 Å². The van der Waals surface area contributed by atoms with Crippen LogP contribution in [0, 0.1) is 5.92 Å². The number of oxazole rings is 1. The molecule has 29 heavy (non-hydrogen) atoms. The number of rotatable bonds is 2. The third-order valence-electron chi connectivity index (χ3n) is 6.32. The van der Waals surface area contributed by atoms with E-state index in [1.165, 1.54) is 11.3 Å². The highest BCUT2D eigenvalue weighted by Gasteiger charge is 2.35. The van der Waals surface area contributed by atoms with Crippen molar-refractivity contribution in [3.8, 4) is 0 Å². The molecule has 0 amide bonds. The van der Waals surface area contributed by atoms with Gasteiger partial charge in [0.2, 0.25) is 0 Å². The Balaban J connectivity index is 1.25. The van der Waals surface area contributed by atoms with Crippen molar-refractivity contribution >= 4 is 22.8 Å². The number of hydrogen-bond acceptors (Lipinski definition) is 6. The first-order valence-corrected chi connectivity index (χ1v) is 10.3. The van der Waals surface area contributed by atoms with Gasteiger partial charge in [-0.25, -0.2) is 4.39 Å². The van der Waals surface area contributed by atoms with E-state index in [1.807, 2.05) is 12.1 Å². The molecule has 1 N–H and O–H groups in total. The largest absolute Gasteiger partial charge is 0.423 e. The number of allylic oxidation sites excluding steroid dienone is 4. The van der Waals surface area contributed by atoms with E-state index in [9.17, 15) is 4.39 Å². The SMILES string of the molecule is FC1=CC=C2NC3=C(CN(c4ccc5nc(N6CCOCC6)oc5c4)CC3)C2C1. The zero-order valence-corrected chi connectivity index (χ0v) is 16.2. The van der Waals surface area contributed by atoms with Gasteiger partial charge in [0.05, 0.1) is 13.2 Å². The second-order valence-corrected chi connectivity index (χ2v) is 8.04. The van der Waals surface area contributed by atoms with Crippen LogP contribution in [0.15, 0.2) is 57.6 Å². The Morgan fingerprint density at radius 1 is 1.10 bits per heavy atom. The fourth-order valence-electron chi connectivity index (χ4n) is 4.74. The molecule has 1 aromatic carbocycles. The molecule has 0 saturated carbocycles. The van der Waals surface area contributed by atoms with Gasteiger partial charge in [-0.1, -0.05) is 0 Å². The Kier molecular flexibility index (Phi) is 3.90. The Labute approximate surface area is 168 Å². The van der Waals surface area contributed by atoms with Crippen LogP contribution in [0.5, 0.6) is 0 Å². The fourth-order valence-corrected chi connectivity index (χ4v) is 4.74. The smallest absolute Gasteiger partial charge is 0.298 e. The highest BCUT2D eigenvalue weighted by atomic mass is 19.1. The first kappa shape index (κ1) is 17.1. The average molecular weight is 394 g/mol. The Hall–Kier alpha value is -2.80. The van der Waals surface area contributed by atoms with E-state index in [4.69, 9.17) is 9.15 Å². The molecule has 2 aromatic rings. The predicted molar refractivity (Wildman–Crippen MR) is 109 cm³/mol. The minimum atomic E-state index is -0.0369. The van der Waals surface area contributed by atoms with Gasteiger partial charge in [-0.3, -0.25) is 0 Å². The summed E-state index contributed by atoms with van der Waals surface area (Å²) >= 11 is 0. The normalized spacial score (nSPS) is 24.2. The van der Waals surface area contributed by atoms with Crippen molar-refractivity contribution in [1.29, 1.82) is 0 Å². The van der Waals surface area contributed by atoms with Crippen LogP contribution in [0.25, 0.3) is 11.1 Å². The third kappa shape index (κ3) is 2.92. The number of nitrogens with one attached hydrogen (secondary N) is 1. The lowest BCUT2D eigenvalue weighted by atomic mass is 9.89. The van der Waals surface area contributed by atoms with E-state index in [1.54, 1.807) is 6.08 Å². The van der Waals surface area contributed by atoms with E-state index in [0.717, 1.165) is 55.1 Å². The molecule has 3 aliphatic heterocycles. The number of fused-ring (bicyclic) bond motifs is 3. The third-order valence-corrected chi connectivity index (χ3v) is 6.32. The number of hydrogen-bond donors (Lipinski definition) is 1. The summed E-state index contributed by atoms with van der Waals surface area (Å²) in [6, 6.07) is 6.89. The molecule has 0 spiro atoms. The lowest BCUT2D eigenvalue weighted by molar-refractivity contribution is 0.120. The summed E-state index contributed by atoms with van der Waals surface area (Å²) in [5, 5.41) is 3.52. The van der Waals surface area contributed by atoms with Crippen molar-refractivity contribution in [2.45, 2.75) is 12.8 Å². The number of morpholine rings is 1. The summed E-state index contributed by atoms with van der Waals surface area (Å²) < 4.78 is 25.3. The lowest BCUT2D eigenvalue weighted by Crippen LogP contribution is -2.36. The molecule has 1 atom stereocenters. The van der Waals surface area contributed by atoms with Crippen molar-refractivity contribution in [3.63, 3.8) is 0 Å². The second-order valence-electron chi connectivity index (χ2n) is 8.04. The summed E-state index contributed by atoms with van der Waals surface area (Å²) in [5.74, 6) is 0.116. The maximum atomic E-state index is 13.9. The highest BCUT2D eigenvalue weighted by molar-refractivity contribution is 5.79. The van der Waals surface area contributed by atoms with Gasteiger partial charge in [0.1, 0.15) is 11.3 Å². The molecule has 6 rings (SSSR count). The molecule has 4 heterocycles. The van der Waals surface area contributed by atoms with E-state index in [2.05, 4.69) is 32.2 Å². The summed E-state index contributed by atoms with van der Waals surface area (Å²) in [7, 11) is 0. The van der Waals surface area contributed by atoms with Crippen LogP contribution in [0.1, 0.15) is 12.8 Å². The summed E-state index contributed by atoms with van der Waals surface area (Å²) in [6.07, 6.45) is 4.88. The van der Waals surface area contributed by atoms with Gasteiger partial charge in [-0.15, -0.1) is 0 Å². The van der Waals surface area contributed by atoms with E-state index < -0.39 is 0 Å². The van der Waals surface area contributed by atoms with Gasteiger partial charge >= 0.3 is 0 Å². The van der Waals surface area contributed by atoms with Crippen molar-refractivity contribution in [3.05, 3.63) is 53.1 Å². The number of anilines is 2. The van der Waals surface area contributed by atoms with Crippen LogP contribution in [0.4, 0.5) is 16.1 Å². The number of ether oxygens (including phenoxy) is 1. The van der Waals surface area contributed by atoms with E-state index in [0.29, 0.717) is 25.6 Å². The molecule has 1 aliphatic carbocycles. The molecule has 4 aliphatic rings. The van der Waals surface area contributed by atoms with Crippen molar-refractivity contribution in [1.82, 2.24) is 10.3 Å². The van der Waals surface area contributed by atoms with Crippen LogP contribution in [0.3, 0.4) is 0 Å². The molecular weight excluding hydrogens is 371 g/mol. The maximum absolute atomic E-state index is 13.9. The summed E-state index contributed by atoms with van der Waals surface area (Å²) in [6.45, 7) is 4.76. The number of halogens is 1. The minimum Gasteiger partial charge on any atom is -0.423 e.